The van der Waals surface area contributed by atoms with Crippen molar-refractivity contribution in [3.05, 3.63) is 91.8 Å². The first kappa shape index (κ1) is 27.6. The molecule has 2 fully saturated rings. The summed E-state index contributed by atoms with van der Waals surface area (Å²) in [5.74, 6) is 0.269. The van der Waals surface area contributed by atoms with Crippen LogP contribution < -0.4 is 0 Å². The molecule has 2 atom stereocenters. The summed E-state index contributed by atoms with van der Waals surface area (Å²) in [5.41, 5.74) is 2.03. The fourth-order valence-electron chi connectivity index (χ4n) is 5.97. The molecule has 1 N–H and O–H groups in total. The zero-order valence-corrected chi connectivity index (χ0v) is 23.6. The van der Waals surface area contributed by atoms with Crippen molar-refractivity contribution in [1.29, 1.82) is 0 Å². The fraction of sp³-hybridized carbons (Fsp3) is 0.433. The highest BCUT2D eigenvalue weighted by molar-refractivity contribution is 7.08. The number of nitrogens with zero attached hydrogens (tertiary/aromatic N) is 2. The second kappa shape index (κ2) is 12.1. The number of halogens is 3. The third-order valence-electron chi connectivity index (χ3n) is 8.16. The molecule has 0 bridgehead atoms. The van der Waals surface area contributed by atoms with Gasteiger partial charge in [-0.1, -0.05) is 41.4 Å². The molecule has 8 heteroatoms. The lowest BCUT2D eigenvalue weighted by Crippen LogP contribution is -2.46. The van der Waals surface area contributed by atoms with E-state index in [1.807, 2.05) is 11.0 Å². The van der Waals surface area contributed by atoms with Gasteiger partial charge < -0.3 is 14.9 Å². The first-order valence-corrected chi connectivity index (χ1v) is 15.0. The van der Waals surface area contributed by atoms with Gasteiger partial charge in [-0.15, -0.1) is 0 Å². The predicted molar refractivity (Wildman–Crippen MR) is 153 cm³/mol. The molecule has 3 aromatic rings. The molecule has 1 aromatic heterocycles. The summed E-state index contributed by atoms with van der Waals surface area (Å²) in [6.45, 7) is 3.86. The van der Waals surface area contributed by atoms with Crippen molar-refractivity contribution in [1.82, 2.24) is 9.80 Å². The minimum atomic E-state index is -0.669. The molecule has 3 heterocycles. The number of benzene rings is 2. The Morgan fingerprint density at radius 3 is 2.63 bits per heavy atom. The van der Waals surface area contributed by atoms with Crippen molar-refractivity contribution in [3.8, 4) is 0 Å². The smallest absolute Gasteiger partial charge is 0.255 e. The average Bonchev–Trinajstić information content (AvgIpc) is 3.57. The normalized spacial score (nSPS) is 21.6. The molecule has 2 aromatic carbocycles. The summed E-state index contributed by atoms with van der Waals surface area (Å²) < 4.78 is 13.5. The summed E-state index contributed by atoms with van der Waals surface area (Å²) in [4.78, 5) is 17.7. The number of hydrogen-bond acceptors (Lipinski definition) is 4. The van der Waals surface area contributed by atoms with Crippen LogP contribution in [0.3, 0.4) is 0 Å². The summed E-state index contributed by atoms with van der Waals surface area (Å²) >= 11 is 14.2. The molecule has 0 radical (unpaired) electrons. The highest BCUT2D eigenvalue weighted by Crippen LogP contribution is 2.37. The van der Waals surface area contributed by atoms with E-state index in [2.05, 4.69) is 21.7 Å². The second-order valence-corrected chi connectivity index (χ2v) is 12.3. The lowest BCUT2D eigenvalue weighted by molar-refractivity contribution is -0.0315. The Hall–Kier alpha value is -1.96. The van der Waals surface area contributed by atoms with E-state index in [1.54, 1.807) is 41.7 Å². The summed E-state index contributed by atoms with van der Waals surface area (Å²) in [6, 6.07) is 14.1. The van der Waals surface area contributed by atoms with Crippen LogP contribution in [0, 0.1) is 11.7 Å². The van der Waals surface area contributed by atoms with Gasteiger partial charge in [0.15, 0.2) is 0 Å². The van der Waals surface area contributed by atoms with E-state index in [1.165, 1.54) is 11.6 Å². The number of carbonyl (C=O) groups is 1. The van der Waals surface area contributed by atoms with Crippen molar-refractivity contribution in [2.24, 2.45) is 5.92 Å². The van der Waals surface area contributed by atoms with Gasteiger partial charge in [0.1, 0.15) is 5.82 Å². The maximum absolute atomic E-state index is 13.5. The van der Waals surface area contributed by atoms with Crippen LogP contribution in [-0.2, 0) is 6.42 Å². The van der Waals surface area contributed by atoms with Crippen molar-refractivity contribution in [2.45, 2.75) is 43.6 Å². The number of likely N-dealkylation sites (tertiary alicyclic amines) is 2. The highest BCUT2D eigenvalue weighted by Gasteiger charge is 2.39. The fourth-order valence-corrected chi connectivity index (χ4v) is 7.08. The predicted octanol–water partition coefficient (Wildman–Crippen LogP) is 6.90. The van der Waals surface area contributed by atoms with Crippen LogP contribution in [0.25, 0.3) is 0 Å². The molecule has 0 spiro atoms. The highest BCUT2D eigenvalue weighted by atomic mass is 35.5. The lowest BCUT2D eigenvalue weighted by Gasteiger charge is -2.39. The molecule has 2 aliphatic heterocycles. The van der Waals surface area contributed by atoms with Crippen LogP contribution in [0.15, 0.2) is 59.3 Å². The number of thiophene rings is 1. The van der Waals surface area contributed by atoms with Gasteiger partial charge in [0.05, 0.1) is 21.2 Å². The van der Waals surface area contributed by atoms with E-state index in [0.717, 1.165) is 57.3 Å². The molecule has 4 nitrogen and oxygen atoms in total. The van der Waals surface area contributed by atoms with Gasteiger partial charge in [0.25, 0.3) is 5.91 Å². The zero-order chi connectivity index (χ0) is 26.7. The molecular formula is C30H33Cl2FN2O2S. The van der Waals surface area contributed by atoms with Gasteiger partial charge in [-0.2, -0.15) is 11.3 Å². The summed E-state index contributed by atoms with van der Waals surface area (Å²) in [7, 11) is 0. The number of aliphatic hydroxyl groups is 1. The van der Waals surface area contributed by atoms with Crippen LogP contribution in [0.1, 0.15) is 53.1 Å². The van der Waals surface area contributed by atoms with Crippen LogP contribution >= 0.6 is 34.5 Å². The Morgan fingerprint density at radius 2 is 1.89 bits per heavy atom. The molecule has 202 valence electrons. The number of hydrogen-bond donors (Lipinski definition) is 1. The molecule has 0 saturated carbocycles. The Bertz CT molecular complexity index is 1250. The number of amides is 1. The van der Waals surface area contributed by atoms with Crippen LogP contribution in [0.2, 0.25) is 10.0 Å². The van der Waals surface area contributed by atoms with Gasteiger partial charge in [0.2, 0.25) is 0 Å². The largest absolute Gasteiger partial charge is 0.390 e. The Labute approximate surface area is 238 Å². The third-order valence-corrected chi connectivity index (χ3v) is 9.68. The van der Waals surface area contributed by atoms with Crippen LogP contribution in [0.4, 0.5) is 4.39 Å². The van der Waals surface area contributed by atoms with E-state index >= 15 is 0 Å². The van der Waals surface area contributed by atoms with Gasteiger partial charge >= 0.3 is 0 Å². The topological polar surface area (TPSA) is 43.8 Å². The number of aryl methyl sites for hydroxylation is 1. The van der Waals surface area contributed by atoms with E-state index < -0.39 is 5.60 Å². The molecule has 2 unspecified atom stereocenters. The Morgan fingerprint density at radius 1 is 1.11 bits per heavy atom. The van der Waals surface area contributed by atoms with E-state index in [-0.39, 0.29) is 17.6 Å². The molecule has 2 aliphatic rings. The van der Waals surface area contributed by atoms with E-state index in [4.69, 9.17) is 23.2 Å². The Kier molecular flexibility index (Phi) is 8.75. The van der Waals surface area contributed by atoms with Gasteiger partial charge in [-0.25, -0.2) is 4.39 Å². The maximum Gasteiger partial charge on any atom is 0.255 e. The van der Waals surface area contributed by atoms with Gasteiger partial charge in [0, 0.05) is 38.6 Å². The summed E-state index contributed by atoms with van der Waals surface area (Å²) in [5, 5.41) is 16.2. The second-order valence-electron chi connectivity index (χ2n) is 10.7. The first-order chi connectivity index (χ1) is 18.3. The standard InChI is InChI=1S/C30H33Cl2FN2O2S/c31-27-8-2-7-25(28(27)32)29(36)35-18-23(26(19-35)22-9-15-38-20-22)17-34-13-11-30(37,12-14-34)10-3-5-21-4-1-6-24(33)16-21/h1-2,4,6-9,15-16,20,23,26,37H,3,5,10-14,17-19H2. The molecule has 2 saturated heterocycles. The quantitative estimate of drug-likeness (QED) is 0.318. The maximum atomic E-state index is 13.5. The minimum absolute atomic E-state index is 0.0773. The van der Waals surface area contributed by atoms with Crippen molar-refractivity contribution in [2.75, 3.05) is 32.7 Å². The van der Waals surface area contributed by atoms with Crippen LogP contribution in [0.5, 0.6) is 0 Å². The molecule has 0 aliphatic carbocycles. The molecule has 38 heavy (non-hydrogen) atoms. The number of piperidine rings is 1. The van der Waals surface area contributed by atoms with Crippen LogP contribution in [-0.4, -0.2) is 59.1 Å². The zero-order valence-electron chi connectivity index (χ0n) is 21.3. The first-order valence-electron chi connectivity index (χ1n) is 13.3. The van der Waals surface area contributed by atoms with Gasteiger partial charge in [-0.05, 0) is 90.2 Å². The van der Waals surface area contributed by atoms with E-state index in [9.17, 15) is 14.3 Å². The average molecular weight is 576 g/mol. The SMILES string of the molecule is O=C(c1cccc(Cl)c1Cl)N1CC(CN2CCC(O)(CCCc3cccc(F)c3)CC2)C(c2ccsc2)C1. The van der Waals surface area contributed by atoms with Gasteiger partial charge in [-0.3, -0.25) is 4.79 Å². The molecular weight excluding hydrogens is 542 g/mol. The van der Waals surface area contributed by atoms with E-state index in [0.29, 0.717) is 34.6 Å². The monoisotopic (exact) mass is 574 g/mol. The third kappa shape index (κ3) is 6.43. The summed E-state index contributed by atoms with van der Waals surface area (Å²) in [6.07, 6.45) is 3.79. The lowest BCUT2D eigenvalue weighted by atomic mass is 9.84. The Balaban J connectivity index is 1.18. The van der Waals surface area contributed by atoms with Crippen molar-refractivity contribution < 1.29 is 14.3 Å². The number of carbonyl (C=O) groups excluding carboxylic acids is 1. The molecule has 5 rings (SSSR count). The minimum Gasteiger partial charge on any atom is -0.390 e. The number of rotatable bonds is 8. The molecule has 1 amide bonds. The van der Waals surface area contributed by atoms with Crippen molar-refractivity contribution in [3.63, 3.8) is 0 Å². The van der Waals surface area contributed by atoms with Crippen molar-refractivity contribution >= 4 is 40.4 Å².